The molecule has 2 aliphatic carbocycles. The summed E-state index contributed by atoms with van der Waals surface area (Å²) in [5.74, 6) is 2.08. The van der Waals surface area contributed by atoms with E-state index in [0.29, 0.717) is 18.4 Å². The number of amides is 1. The normalized spacial score (nSPS) is 30.5. The van der Waals surface area contributed by atoms with Crippen LogP contribution in [0, 0.1) is 17.8 Å². The first-order valence-corrected chi connectivity index (χ1v) is 6.66. The summed E-state index contributed by atoms with van der Waals surface area (Å²) < 4.78 is 1.92. The Morgan fingerprint density at radius 2 is 2.15 bits per heavy atom. The smallest absolute Gasteiger partial charge is 0.225 e. The number of nitrogens with two attached hydrogens (primary N) is 1. The minimum absolute atomic E-state index is 0. The average Bonchev–Trinajstić information content (AvgIpc) is 3.02. The van der Waals surface area contributed by atoms with Crippen molar-refractivity contribution in [2.24, 2.45) is 30.5 Å². The Morgan fingerprint density at radius 1 is 1.45 bits per heavy atom. The molecule has 0 aromatic carbocycles. The third-order valence-corrected chi connectivity index (χ3v) is 4.63. The summed E-state index contributed by atoms with van der Waals surface area (Å²) in [6.07, 6.45) is 7.13. The van der Waals surface area contributed by atoms with Gasteiger partial charge >= 0.3 is 0 Å². The number of nitrogens with zero attached hydrogens (tertiary/aromatic N) is 2. The molecule has 1 amide bonds. The van der Waals surface area contributed by atoms with E-state index in [4.69, 9.17) is 5.73 Å². The number of hydrogen-bond acceptors (Lipinski definition) is 3. The molecule has 2 aliphatic rings. The van der Waals surface area contributed by atoms with Gasteiger partial charge in [0.2, 0.25) is 5.91 Å². The van der Waals surface area contributed by atoms with Gasteiger partial charge in [0.05, 0.1) is 12.5 Å². The highest BCUT2D eigenvalue weighted by molar-refractivity contribution is 5.85. The van der Waals surface area contributed by atoms with E-state index in [2.05, 4.69) is 10.3 Å². The number of hydrogen-bond donors (Lipinski definition) is 2. The Hall–Kier alpha value is -0.780. The lowest BCUT2D eigenvalue weighted by Crippen LogP contribution is -2.45. The van der Waals surface area contributed by atoms with Crippen LogP contribution in [0.2, 0.25) is 0 Å². The summed E-state index contributed by atoms with van der Waals surface area (Å²) in [5.41, 5.74) is 6.16. The van der Waals surface area contributed by atoms with Crippen LogP contribution in [0.25, 0.3) is 0 Å². The van der Waals surface area contributed by atoms with Crippen molar-refractivity contribution in [2.45, 2.75) is 31.8 Å². The Bertz CT molecular complexity index is 463. The van der Waals surface area contributed by atoms with Crippen molar-refractivity contribution in [1.82, 2.24) is 14.9 Å². The first kappa shape index (κ1) is 17.3. The zero-order valence-corrected chi connectivity index (χ0v) is 13.1. The van der Waals surface area contributed by atoms with Gasteiger partial charge in [-0.15, -0.1) is 24.8 Å². The third kappa shape index (κ3) is 2.95. The quantitative estimate of drug-likeness (QED) is 0.880. The van der Waals surface area contributed by atoms with Crippen molar-refractivity contribution in [3.8, 4) is 0 Å². The molecular formula is C13H22Cl2N4O. The zero-order chi connectivity index (χ0) is 12.7. The van der Waals surface area contributed by atoms with Gasteiger partial charge < -0.3 is 15.6 Å². The summed E-state index contributed by atoms with van der Waals surface area (Å²) in [6, 6.07) is 0.0603. The lowest BCUT2D eigenvalue weighted by molar-refractivity contribution is -0.127. The fraction of sp³-hybridized carbons (Fsp3) is 0.692. The van der Waals surface area contributed by atoms with Crippen molar-refractivity contribution in [3.05, 3.63) is 18.2 Å². The summed E-state index contributed by atoms with van der Waals surface area (Å²) >= 11 is 0. The first-order valence-electron chi connectivity index (χ1n) is 6.66. The molecule has 2 bridgehead atoms. The third-order valence-electron chi connectivity index (χ3n) is 4.63. The molecule has 0 aliphatic heterocycles. The van der Waals surface area contributed by atoms with Gasteiger partial charge in [0, 0.05) is 25.5 Å². The highest BCUT2D eigenvalue weighted by Gasteiger charge is 2.48. The molecule has 0 spiro atoms. The topological polar surface area (TPSA) is 72.9 Å². The van der Waals surface area contributed by atoms with E-state index in [-0.39, 0.29) is 42.7 Å². The highest BCUT2D eigenvalue weighted by Crippen LogP contribution is 2.47. The van der Waals surface area contributed by atoms with Crippen LogP contribution in [0.5, 0.6) is 0 Å². The molecule has 2 saturated carbocycles. The Labute approximate surface area is 131 Å². The van der Waals surface area contributed by atoms with Crippen molar-refractivity contribution < 1.29 is 4.79 Å². The van der Waals surface area contributed by atoms with Crippen LogP contribution < -0.4 is 11.1 Å². The molecule has 0 radical (unpaired) electrons. The number of aryl methyl sites for hydroxylation is 1. The SMILES string of the molecule is Cl.Cl.Cn1ccnc1CNC(=O)C1C2CCC(C2)C1N. The Morgan fingerprint density at radius 3 is 2.70 bits per heavy atom. The van der Waals surface area contributed by atoms with Gasteiger partial charge in [0.15, 0.2) is 0 Å². The van der Waals surface area contributed by atoms with Crippen LogP contribution in [0.4, 0.5) is 0 Å². The van der Waals surface area contributed by atoms with Crippen molar-refractivity contribution in [3.63, 3.8) is 0 Å². The zero-order valence-electron chi connectivity index (χ0n) is 11.5. The maximum atomic E-state index is 12.2. The number of nitrogens with one attached hydrogen (secondary N) is 1. The van der Waals surface area contributed by atoms with E-state index >= 15 is 0 Å². The van der Waals surface area contributed by atoms with Gasteiger partial charge in [-0.1, -0.05) is 0 Å². The van der Waals surface area contributed by atoms with Gasteiger partial charge in [0.1, 0.15) is 5.82 Å². The predicted octanol–water partition coefficient (Wildman–Crippen LogP) is 1.25. The number of rotatable bonds is 3. The van der Waals surface area contributed by atoms with Crippen LogP contribution in [0.1, 0.15) is 25.1 Å². The molecule has 1 heterocycles. The van der Waals surface area contributed by atoms with Crippen molar-refractivity contribution in [1.29, 1.82) is 0 Å². The fourth-order valence-corrected chi connectivity index (χ4v) is 3.58. The molecule has 114 valence electrons. The maximum Gasteiger partial charge on any atom is 0.225 e. The number of halogens is 2. The second-order valence-electron chi connectivity index (χ2n) is 5.61. The number of imidazole rings is 1. The predicted molar refractivity (Wildman–Crippen MR) is 81.8 cm³/mol. The highest BCUT2D eigenvalue weighted by atomic mass is 35.5. The fourth-order valence-electron chi connectivity index (χ4n) is 3.58. The molecule has 4 atom stereocenters. The minimum Gasteiger partial charge on any atom is -0.349 e. The number of carbonyl (C=O) groups is 1. The molecule has 3 N–H and O–H groups in total. The Balaban J connectivity index is 0.000001000. The summed E-state index contributed by atoms with van der Waals surface area (Å²) in [5, 5.41) is 2.98. The number of carbonyl (C=O) groups excluding carboxylic acids is 1. The maximum absolute atomic E-state index is 12.2. The lowest BCUT2D eigenvalue weighted by Gasteiger charge is -2.26. The summed E-state index contributed by atoms with van der Waals surface area (Å²) in [6.45, 7) is 0.489. The number of aromatic nitrogens is 2. The second kappa shape index (κ2) is 6.78. The van der Waals surface area contributed by atoms with Crippen LogP contribution >= 0.6 is 24.8 Å². The van der Waals surface area contributed by atoms with Gasteiger partial charge in [-0.2, -0.15) is 0 Å². The van der Waals surface area contributed by atoms with Crippen LogP contribution in [0.15, 0.2) is 12.4 Å². The first-order chi connectivity index (χ1) is 8.66. The molecule has 7 heteroatoms. The summed E-state index contributed by atoms with van der Waals surface area (Å²) in [4.78, 5) is 16.4. The van der Waals surface area contributed by atoms with Gasteiger partial charge in [0.25, 0.3) is 0 Å². The second-order valence-corrected chi connectivity index (χ2v) is 5.61. The molecule has 0 saturated heterocycles. The molecule has 1 aromatic heterocycles. The van der Waals surface area contributed by atoms with Crippen LogP contribution in [-0.2, 0) is 18.4 Å². The van der Waals surface area contributed by atoms with E-state index in [1.165, 1.54) is 12.8 Å². The van der Waals surface area contributed by atoms with E-state index in [1.54, 1.807) is 6.20 Å². The Kier molecular flexibility index (Phi) is 5.86. The number of fused-ring (bicyclic) bond motifs is 2. The standard InChI is InChI=1S/C13H20N4O.2ClH/c1-17-5-4-15-10(17)7-16-13(18)11-8-2-3-9(6-8)12(11)14;;/h4-5,8-9,11-12H,2-3,6-7,14H2,1H3,(H,16,18);2*1H. The minimum atomic E-state index is 0. The van der Waals surface area contributed by atoms with Gasteiger partial charge in [-0.3, -0.25) is 4.79 Å². The molecule has 1 aromatic rings. The van der Waals surface area contributed by atoms with Crippen molar-refractivity contribution in [2.75, 3.05) is 0 Å². The van der Waals surface area contributed by atoms with E-state index < -0.39 is 0 Å². The lowest BCUT2D eigenvalue weighted by atomic mass is 9.84. The van der Waals surface area contributed by atoms with Gasteiger partial charge in [-0.25, -0.2) is 4.98 Å². The van der Waals surface area contributed by atoms with Gasteiger partial charge in [-0.05, 0) is 31.1 Å². The molecule has 4 unspecified atom stereocenters. The molecule has 20 heavy (non-hydrogen) atoms. The summed E-state index contributed by atoms with van der Waals surface area (Å²) in [7, 11) is 1.93. The molecule has 3 rings (SSSR count). The van der Waals surface area contributed by atoms with E-state index in [0.717, 1.165) is 12.2 Å². The van der Waals surface area contributed by atoms with E-state index in [1.807, 2.05) is 17.8 Å². The largest absolute Gasteiger partial charge is 0.349 e. The molecule has 5 nitrogen and oxygen atoms in total. The van der Waals surface area contributed by atoms with Crippen molar-refractivity contribution >= 4 is 30.7 Å². The van der Waals surface area contributed by atoms with Crippen LogP contribution in [-0.4, -0.2) is 21.5 Å². The monoisotopic (exact) mass is 320 g/mol. The average molecular weight is 321 g/mol. The van der Waals surface area contributed by atoms with E-state index in [9.17, 15) is 4.79 Å². The van der Waals surface area contributed by atoms with Crippen LogP contribution in [0.3, 0.4) is 0 Å². The molecular weight excluding hydrogens is 299 g/mol. The molecule has 2 fully saturated rings.